The van der Waals surface area contributed by atoms with Crippen LogP contribution >= 0.6 is 11.6 Å². The van der Waals surface area contributed by atoms with E-state index in [1.807, 2.05) is 0 Å². The van der Waals surface area contributed by atoms with Crippen LogP contribution in [0, 0.1) is 5.41 Å². The van der Waals surface area contributed by atoms with E-state index in [9.17, 15) is 0 Å². The monoisotopic (exact) mass is 278 g/mol. The highest BCUT2D eigenvalue weighted by atomic mass is 35.5. The fourth-order valence-corrected chi connectivity index (χ4v) is 2.11. The third kappa shape index (κ3) is 7.57. The number of hydrogen-bond acceptors (Lipinski definition) is 3. The quantitative estimate of drug-likeness (QED) is 0.382. The summed E-state index contributed by atoms with van der Waals surface area (Å²) in [4.78, 5) is 0. The van der Waals surface area contributed by atoms with Crippen molar-refractivity contribution in [3.8, 4) is 0 Å². The predicted octanol–water partition coefficient (Wildman–Crippen LogP) is 3.25. The fraction of sp³-hybridized carbons (Fsp3) is 1.00. The largest absolute Gasteiger partial charge is 0.379 e. The zero-order valence-corrected chi connectivity index (χ0v) is 12.3. The van der Waals surface area contributed by atoms with Gasteiger partial charge in [0.1, 0.15) is 0 Å². The standard InChI is InChI=1S/C14H27ClO3/c1-2-3-7-16-9-11-18-12-10-17-8-6-14(13-15)4-5-14/h2-13H2,1H3. The number of rotatable bonds is 13. The van der Waals surface area contributed by atoms with E-state index in [0.29, 0.717) is 31.8 Å². The molecule has 0 spiro atoms. The lowest BCUT2D eigenvalue weighted by atomic mass is 10.1. The second-order valence-electron chi connectivity index (χ2n) is 5.07. The predicted molar refractivity (Wildman–Crippen MR) is 74.4 cm³/mol. The molecule has 0 unspecified atom stereocenters. The molecule has 0 heterocycles. The molecule has 1 aliphatic carbocycles. The van der Waals surface area contributed by atoms with Crippen LogP contribution in [-0.2, 0) is 14.2 Å². The first-order valence-corrected chi connectivity index (χ1v) is 7.66. The first-order valence-electron chi connectivity index (χ1n) is 7.12. The molecule has 1 fully saturated rings. The zero-order valence-electron chi connectivity index (χ0n) is 11.6. The Morgan fingerprint density at radius 3 is 1.94 bits per heavy atom. The minimum absolute atomic E-state index is 0.412. The number of unbranched alkanes of at least 4 members (excludes halogenated alkanes) is 1. The summed E-state index contributed by atoms with van der Waals surface area (Å²) in [6.45, 7) is 6.50. The molecule has 0 amide bonds. The van der Waals surface area contributed by atoms with E-state index in [2.05, 4.69) is 6.92 Å². The Balaban J connectivity index is 1.71. The van der Waals surface area contributed by atoms with Gasteiger partial charge in [0.15, 0.2) is 0 Å². The smallest absolute Gasteiger partial charge is 0.0701 e. The maximum Gasteiger partial charge on any atom is 0.0701 e. The Labute approximate surface area is 116 Å². The average Bonchev–Trinajstić information content (AvgIpc) is 3.17. The van der Waals surface area contributed by atoms with Crippen molar-refractivity contribution in [2.45, 2.75) is 39.0 Å². The van der Waals surface area contributed by atoms with Gasteiger partial charge in [0.2, 0.25) is 0 Å². The van der Waals surface area contributed by atoms with Gasteiger partial charge in [-0.1, -0.05) is 13.3 Å². The molecule has 0 atom stereocenters. The van der Waals surface area contributed by atoms with E-state index in [4.69, 9.17) is 25.8 Å². The molecule has 0 radical (unpaired) electrons. The summed E-state index contributed by atoms with van der Waals surface area (Å²) in [5.41, 5.74) is 0.412. The fourth-order valence-electron chi connectivity index (χ4n) is 1.70. The molecule has 1 aliphatic rings. The summed E-state index contributed by atoms with van der Waals surface area (Å²) >= 11 is 5.89. The van der Waals surface area contributed by atoms with Crippen LogP contribution in [0.15, 0.2) is 0 Å². The Morgan fingerprint density at radius 1 is 0.889 bits per heavy atom. The van der Waals surface area contributed by atoms with Crippen molar-refractivity contribution in [1.29, 1.82) is 0 Å². The van der Waals surface area contributed by atoms with Gasteiger partial charge in [0.05, 0.1) is 26.4 Å². The maximum absolute atomic E-state index is 5.89. The number of hydrogen-bond donors (Lipinski definition) is 0. The van der Waals surface area contributed by atoms with E-state index in [0.717, 1.165) is 31.9 Å². The van der Waals surface area contributed by atoms with Gasteiger partial charge in [-0.05, 0) is 31.1 Å². The Hall–Kier alpha value is 0.170. The van der Waals surface area contributed by atoms with Gasteiger partial charge in [0.25, 0.3) is 0 Å². The molecular weight excluding hydrogens is 252 g/mol. The molecule has 0 bridgehead atoms. The molecular formula is C14H27ClO3. The van der Waals surface area contributed by atoms with Crippen molar-refractivity contribution in [3.05, 3.63) is 0 Å². The van der Waals surface area contributed by atoms with Gasteiger partial charge < -0.3 is 14.2 Å². The average molecular weight is 279 g/mol. The Kier molecular flexibility index (Phi) is 9.03. The van der Waals surface area contributed by atoms with Crippen molar-refractivity contribution >= 4 is 11.6 Å². The molecule has 108 valence electrons. The Morgan fingerprint density at radius 2 is 1.44 bits per heavy atom. The van der Waals surface area contributed by atoms with Gasteiger partial charge in [0, 0.05) is 19.1 Å². The van der Waals surface area contributed by atoms with Crippen LogP contribution in [-0.4, -0.2) is 45.5 Å². The summed E-state index contributed by atoms with van der Waals surface area (Å²) in [5, 5.41) is 0. The molecule has 1 rings (SSSR count). The lowest BCUT2D eigenvalue weighted by molar-refractivity contribution is 0.0117. The third-order valence-corrected chi connectivity index (χ3v) is 3.97. The van der Waals surface area contributed by atoms with Gasteiger partial charge in [-0.25, -0.2) is 0 Å². The molecule has 0 saturated heterocycles. The van der Waals surface area contributed by atoms with E-state index >= 15 is 0 Å². The van der Waals surface area contributed by atoms with Crippen LogP contribution in [0.4, 0.5) is 0 Å². The molecule has 3 nitrogen and oxygen atoms in total. The highest BCUT2D eigenvalue weighted by molar-refractivity contribution is 6.18. The highest BCUT2D eigenvalue weighted by Crippen LogP contribution is 2.49. The van der Waals surface area contributed by atoms with Crippen molar-refractivity contribution < 1.29 is 14.2 Å². The second-order valence-corrected chi connectivity index (χ2v) is 5.34. The van der Waals surface area contributed by atoms with Crippen molar-refractivity contribution in [3.63, 3.8) is 0 Å². The van der Waals surface area contributed by atoms with Gasteiger partial charge >= 0.3 is 0 Å². The van der Waals surface area contributed by atoms with Crippen molar-refractivity contribution in [2.75, 3.05) is 45.5 Å². The molecule has 4 heteroatoms. The summed E-state index contributed by atoms with van der Waals surface area (Å²) in [7, 11) is 0. The molecule has 18 heavy (non-hydrogen) atoms. The summed E-state index contributed by atoms with van der Waals surface area (Å²) in [6.07, 6.45) is 5.94. The zero-order chi connectivity index (χ0) is 13.1. The molecule has 0 aromatic carbocycles. The first-order chi connectivity index (χ1) is 8.83. The van der Waals surface area contributed by atoms with Crippen LogP contribution < -0.4 is 0 Å². The minimum Gasteiger partial charge on any atom is -0.379 e. The van der Waals surface area contributed by atoms with Crippen LogP contribution in [0.25, 0.3) is 0 Å². The summed E-state index contributed by atoms with van der Waals surface area (Å²) in [6, 6.07) is 0. The maximum atomic E-state index is 5.89. The molecule has 0 aromatic heterocycles. The van der Waals surface area contributed by atoms with Crippen LogP contribution in [0.1, 0.15) is 39.0 Å². The molecule has 0 aliphatic heterocycles. The van der Waals surface area contributed by atoms with Crippen molar-refractivity contribution in [1.82, 2.24) is 0 Å². The van der Waals surface area contributed by atoms with E-state index in [-0.39, 0.29) is 0 Å². The summed E-state index contributed by atoms with van der Waals surface area (Å²) < 4.78 is 16.3. The van der Waals surface area contributed by atoms with Gasteiger partial charge in [-0.3, -0.25) is 0 Å². The van der Waals surface area contributed by atoms with E-state index in [1.54, 1.807) is 0 Å². The SMILES string of the molecule is CCCCOCCOCCOCCC1(CCl)CC1. The lowest BCUT2D eigenvalue weighted by Gasteiger charge is -2.11. The number of halogens is 1. The van der Waals surface area contributed by atoms with E-state index in [1.165, 1.54) is 19.3 Å². The number of ether oxygens (including phenoxy) is 3. The van der Waals surface area contributed by atoms with Crippen LogP contribution in [0.3, 0.4) is 0 Å². The minimum atomic E-state index is 0.412. The summed E-state index contributed by atoms with van der Waals surface area (Å²) in [5.74, 6) is 0.780. The normalized spacial score (nSPS) is 17.0. The number of alkyl halides is 1. The topological polar surface area (TPSA) is 27.7 Å². The molecule has 1 saturated carbocycles. The highest BCUT2D eigenvalue weighted by Gasteiger charge is 2.40. The Bertz CT molecular complexity index is 195. The van der Waals surface area contributed by atoms with Crippen LogP contribution in [0.5, 0.6) is 0 Å². The van der Waals surface area contributed by atoms with Crippen LogP contribution in [0.2, 0.25) is 0 Å². The molecule has 0 N–H and O–H groups in total. The van der Waals surface area contributed by atoms with Gasteiger partial charge in [-0.15, -0.1) is 11.6 Å². The lowest BCUT2D eigenvalue weighted by Crippen LogP contribution is -2.12. The van der Waals surface area contributed by atoms with Gasteiger partial charge in [-0.2, -0.15) is 0 Å². The third-order valence-electron chi connectivity index (χ3n) is 3.40. The second kappa shape index (κ2) is 10.0. The first kappa shape index (κ1) is 16.2. The van der Waals surface area contributed by atoms with E-state index < -0.39 is 0 Å². The van der Waals surface area contributed by atoms with Crippen molar-refractivity contribution in [2.24, 2.45) is 5.41 Å². The molecule has 0 aromatic rings.